The van der Waals surface area contributed by atoms with Crippen molar-refractivity contribution in [2.24, 2.45) is 0 Å². The van der Waals surface area contributed by atoms with E-state index in [1.165, 1.54) is 23.9 Å². The molecular formula is C21H21FN2O4S. The monoisotopic (exact) mass is 416 g/mol. The zero-order valence-corrected chi connectivity index (χ0v) is 16.4. The van der Waals surface area contributed by atoms with E-state index >= 15 is 0 Å². The van der Waals surface area contributed by atoms with Gasteiger partial charge in [0.1, 0.15) is 24.6 Å². The van der Waals surface area contributed by atoms with Crippen molar-refractivity contribution in [1.29, 1.82) is 0 Å². The summed E-state index contributed by atoms with van der Waals surface area (Å²) >= 11 is 1.44. The summed E-state index contributed by atoms with van der Waals surface area (Å²) in [6, 6.07) is 12.9. The molecule has 4 rings (SSSR count). The molecule has 3 atom stereocenters. The minimum atomic E-state index is -0.589. The molecular weight excluding hydrogens is 395 g/mol. The topological polar surface area (TPSA) is 76.7 Å². The second-order valence-corrected chi connectivity index (χ2v) is 8.19. The van der Waals surface area contributed by atoms with Gasteiger partial charge in [-0.15, -0.1) is 11.8 Å². The van der Waals surface area contributed by atoms with E-state index in [0.29, 0.717) is 36.8 Å². The van der Waals surface area contributed by atoms with Crippen LogP contribution in [0.15, 0.2) is 48.5 Å². The molecule has 152 valence electrons. The van der Waals surface area contributed by atoms with E-state index in [9.17, 15) is 14.0 Å². The van der Waals surface area contributed by atoms with Crippen molar-refractivity contribution in [3.05, 3.63) is 59.9 Å². The van der Waals surface area contributed by atoms with E-state index in [4.69, 9.17) is 9.47 Å². The molecule has 2 aromatic carbocycles. The summed E-state index contributed by atoms with van der Waals surface area (Å²) in [5, 5.41) is 5.32. The molecule has 2 heterocycles. The minimum absolute atomic E-state index is 0.183. The molecule has 8 heteroatoms. The third-order valence-electron chi connectivity index (χ3n) is 4.80. The van der Waals surface area contributed by atoms with Crippen LogP contribution >= 0.6 is 11.8 Å². The number of nitrogens with one attached hydrogen (secondary N) is 2. The van der Waals surface area contributed by atoms with Crippen LogP contribution in [-0.4, -0.2) is 48.1 Å². The minimum Gasteiger partial charge on any atom is -0.486 e. The van der Waals surface area contributed by atoms with Gasteiger partial charge < -0.3 is 20.1 Å². The average Bonchev–Trinajstić information content (AvgIpc) is 2.74. The van der Waals surface area contributed by atoms with Crippen LogP contribution in [0.4, 0.5) is 4.39 Å². The maximum atomic E-state index is 13.0. The first-order valence-corrected chi connectivity index (χ1v) is 10.5. The third-order valence-corrected chi connectivity index (χ3v) is 6.10. The van der Waals surface area contributed by atoms with Crippen molar-refractivity contribution >= 4 is 23.6 Å². The molecule has 0 radical (unpaired) electrons. The van der Waals surface area contributed by atoms with Crippen molar-refractivity contribution in [3.8, 4) is 11.5 Å². The van der Waals surface area contributed by atoms with E-state index in [0.717, 1.165) is 5.56 Å². The van der Waals surface area contributed by atoms with Crippen molar-refractivity contribution < 1.29 is 23.5 Å². The maximum absolute atomic E-state index is 13.0. The second kappa shape index (κ2) is 8.73. The van der Waals surface area contributed by atoms with Gasteiger partial charge in [-0.3, -0.25) is 9.59 Å². The van der Waals surface area contributed by atoms with Crippen LogP contribution in [0.2, 0.25) is 0 Å². The fourth-order valence-electron chi connectivity index (χ4n) is 3.22. The number of carbonyl (C=O) groups excluding carboxylic acids is 2. The number of amides is 2. The number of hydrogen-bond donors (Lipinski definition) is 2. The number of para-hydroxylation sites is 2. The fourth-order valence-corrected chi connectivity index (χ4v) is 4.41. The van der Waals surface area contributed by atoms with Gasteiger partial charge in [-0.25, -0.2) is 4.39 Å². The number of benzene rings is 2. The Kier molecular flexibility index (Phi) is 5.89. The highest BCUT2D eigenvalue weighted by molar-refractivity contribution is 8.00. The predicted octanol–water partition coefficient (Wildman–Crippen LogP) is 1.92. The smallest absolute Gasteiger partial charge is 0.243 e. The van der Waals surface area contributed by atoms with Gasteiger partial charge in [0, 0.05) is 5.75 Å². The van der Waals surface area contributed by atoms with Crippen LogP contribution in [0.3, 0.4) is 0 Å². The van der Waals surface area contributed by atoms with Gasteiger partial charge in [-0.05, 0) is 36.2 Å². The molecule has 2 aliphatic rings. The Balaban J connectivity index is 1.24. The molecule has 2 aromatic rings. The lowest BCUT2D eigenvalue weighted by molar-refractivity contribution is -0.128. The third kappa shape index (κ3) is 4.82. The standard InChI is InChI=1S/C21H21FN2O4S/c22-14-7-5-13(6-8-14)9-19-21(26)24-16(12-29-19)20(25)23-10-15-11-27-17-3-1-2-4-18(17)28-15/h1-8,15-16,19H,9-12H2,(H,23,25)(H,24,26)/t15-,16-,19+/m1/s1. The average molecular weight is 416 g/mol. The van der Waals surface area contributed by atoms with Crippen LogP contribution in [0, 0.1) is 5.82 Å². The molecule has 29 heavy (non-hydrogen) atoms. The molecule has 0 aromatic heterocycles. The molecule has 0 saturated carbocycles. The molecule has 0 spiro atoms. The van der Waals surface area contributed by atoms with Gasteiger partial charge in [-0.2, -0.15) is 0 Å². The number of hydrogen-bond acceptors (Lipinski definition) is 5. The lowest BCUT2D eigenvalue weighted by Gasteiger charge is -2.30. The number of thioether (sulfide) groups is 1. The van der Waals surface area contributed by atoms with Gasteiger partial charge in [0.25, 0.3) is 0 Å². The van der Waals surface area contributed by atoms with E-state index in [2.05, 4.69) is 10.6 Å². The second-order valence-electron chi connectivity index (χ2n) is 6.96. The Morgan fingerprint density at radius 2 is 1.93 bits per heavy atom. The van der Waals surface area contributed by atoms with Crippen LogP contribution < -0.4 is 20.1 Å². The van der Waals surface area contributed by atoms with Crippen molar-refractivity contribution in [2.75, 3.05) is 18.9 Å². The first kappa shape index (κ1) is 19.6. The van der Waals surface area contributed by atoms with Gasteiger partial charge in [0.2, 0.25) is 11.8 Å². The molecule has 1 saturated heterocycles. The van der Waals surface area contributed by atoms with Crippen LogP contribution in [-0.2, 0) is 16.0 Å². The summed E-state index contributed by atoms with van der Waals surface area (Å²) in [6.45, 7) is 0.645. The first-order valence-electron chi connectivity index (χ1n) is 9.41. The van der Waals surface area contributed by atoms with Crippen molar-refractivity contribution in [3.63, 3.8) is 0 Å². The molecule has 0 aliphatic carbocycles. The number of rotatable bonds is 5. The number of ether oxygens (including phenoxy) is 2. The normalized spacial score (nSPS) is 23.2. The lowest BCUT2D eigenvalue weighted by atomic mass is 10.1. The molecule has 1 fully saturated rings. The largest absolute Gasteiger partial charge is 0.486 e. The zero-order chi connectivity index (χ0) is 20.2. The van der Waals surface area contributed by atoms with Gasteiger partial charge in [0.15, 0.2) is 11.5 Å². The quantitative estimate of drug-likeness (QED) is 0.779. The Labute approximate surface area is 172 Å². The highest BCUT2D eigenvalue weighted by atomic mass is 32.2. The summed E-state index contributed by atoms with van der Waals surface area (Å²) in [4.78, 5) is 24.9. The van der Waals surface area contributed by atoms with Gasteiger partial charge in [-0.1, -0.05) is 24.3 Å². The summed E-state index contributed by atoms with van der Waals surface area (Å²) in [5.41, 5.74) is 0.886. The highest BCUT2D eigenvalue weighted by Gasteiger charge is 2.33. The van der Waals surface area contributed by atoms with E-state index in [1.54, 1.807) is 12.1 Å². The lowest BCUT2D eigenvalue weighted by Crippen LogP contribution is -2.55. The molecule has 2 aliphatic heterocycles. The van der Waals surface area contributed by atoms with E-state index in [1.807, 2.05) is 24.3 Å². The Morgan fingerprint density at radius 3 is 2.69 bits per heavy atom. The molecule has 0 bridgehead atoms. The van der Waals surface area contributed by atoms with E-state index in [-0.39, 0.29) is 29.0 Å². The Bertz CT molecular complexity index is 893. The summed E-state index contributed by atoms with van der Waals surface area (Å²) in [7, 11) is 0. The molecule has 2 amide bonds. The Hall–Kier alpha value is -2.74. The van der Waals surface area contributed by atoms with Crippen LogP contribution in [0.25, 0.3) is 0 Å². The van der Waals surface area contributed by atoms with E-state index < -0.39 is 6.04 Å². The van der Waals surface area contributed by atoms with Crippen molar-refractivity contribution in [1.82, 2.24) is 10.6 Å². The maximum Gasteiger partial charge on any atom is 0.243 e. The van der Waals surface area contributed by atoms with Crippen LogP contribution in [0.5, 0.6) is 11.5 Å². The number of fused-ring (bicyclic) bond motifs is 1. The zero-order valence-electron chi connectivity index (χ0n) is 15.6. The fraction of sp³-hybridized carbons (Fsp3) is 0.333. The summed E-state index contributed by atoms with van der Waals surface area (Å²) in [5.74, 6) is 1.10. The van der Waals surface area contributed by atoms with Gasteiger partial charge >= 0.3 is 0 Å². The SMILES string of the molecule is O=C1N[C@@H](C(=O)NC[C@@H]2COc3ccccc3O2)CS[C@H]1Cc1ccc(F)cc1. The number of halogens is 1. The Morgan fingerprint density at radius 1 is 1.17 bits per heavy atom. The van der Waals surface area contributed by atoms with Gasteiger partial charge in [0.05, 0.1) is 11.8 Å². The summed E-state index contributed by atoms with van der Waals surface area (Å²) in [6.07, 6.45) is 0.213. The predicted molar refractivity (Wildman–Crippen MR) is 108 cm³/mol. The van der Waals surface area contributed by atoms with Crippen molar-refractivity contribution in [2.45, 2.75) is 23.8 Å². The number of carbonyl (C=O) groups is 2. The molecule has 0 unspecified atom stereocenters. The molecule has 6 nitrogen and oxygen atoms in total. The summed E-state index contributed by atoms with van der Waals surface area (Å²) < 4.78 is 24.5. The first-order chi connectivity index (χ1) is 14.1. The highest BCUT2D eigenvalue weighted by Crippen LogP contribution is 2.30. The molecule has 2 N–H and O–H groups in total. The van der Waals surface area contributed by atoms with Crippen LogP contribution in [0.1, 0.15) is 5.56 Å².